The van der Waals surface area contributed by atoms with Crippen LogP contribution >= 0.6 is 0 Å². The van der Waals surface area contributed by atoms with Crippen LogP contribution in [-0.2, 0) is 19.3 Å². The maximum Gasteiger partial charge on any atom is 0.407 e. The highest BCUT2D eigenvalue weighted by molar-refractivity contribution is 7.91. The van der Waals surface area contributed by atoms with E-state index in [0.29, 0.717) is 0 Å². The van der Waals surface area contributed by atoms with Crippen molar-refractivity contribution in [2.45, 2.75) is 44.1 Å². The fourth-order valence-electron chi connectivity index (χ4n) is 3.11. The van der Waals surface area contributed by atoms with Crippen molar-refractivity contribution < 1.29 is 36.2 Å². The zero-order chi connectivity index (χ0) is 24.7. The van der Waals surface area contributed by atoms with Crippen molar-refractivity contribution in [3.05, 3.63) is 35.9 Å². The molecule has 1 aromatic rings. The number of rotatable bonds is 8. The van der Waals surface area contributed by atoms with E-state index in [1.807, 2.05) is 0 Å². The minimum Gasteiger partial charge on any atom is -0.489 e. The molecule has 1 aliphatic rings. The molecule has 0 unspecified atom stereocenters. The van der Waals surface area contributed by atoms with E-state index in [9.17, 15) is 27.3 Å². The Labute approximate surface area is 192 Å². The normalized spacial score (nSPS) is 16.5. The summed E-state index contributed by atoms with van der Waals surface area (Å²) >= 11 is 0. The van der Waals surface area contributed by atoms with E-state index in [0.717, 1.165) is 12.1 Å². The molecule has 0 bridgehead atoms. The molecule has 1 saturated heterocycles. The van der Waals surface area contributed by atoms with Gasteiger partial charge in [-0.15, -0.1) is 0 Å². The molecule has 33 heavy (non-hydrogen) atoms. The van der Waals surface area contributed by atoms with Crippen molar-refractivity contribution >= 4 is 15.9 Å². The molecular formula is C22H28F2N2O6S. The molecule has 8 nitrogen and oxygen atoms in total. The zero-order valence-electron chi connectivity index (χ0n) is 18.8. The number of carbonyl (C=O) groups is 1. The highest BCUT2D eigenvalue weighted by Crippen LogP contribution is 2.34. The van der Waals surface area contributed by atoms with Gasteiger partial charge in [-0.3, -0.25) is 0 Å². The lowest BCUT2D eigenvalue weighted by molar-refractivity contribution is 0.0490. The van der Waals surface area contributed by atoms with Crippen LogP contribution in [-0.4, -0.2) is 52.2 Å². The van der Waals surface area contributed by atoms with Gasteiger partial charge in [0.1, 0.15) is 28.7 Å². The number of benzene rings is 1. The second-order valence-corrected chi connectivity index (χ2v) is 10.7. The lowest BCUT2D eigenvalue weighted by atomic mass is 9.84. The van der Waals surface area contributed by atoms with Gasteiger partial charge >= 0.3 is 6.09 Å². The van der Waals surface area contributed by atoms with Crippen LogP contribution < -0.4 is 10.1 Å². The van der Waals surface area contributed by atoms with Crippen molar-refractivity contribution in [2.24, 2.45) is 5.41 Å². The Hall–Kier alpha value is -2.71. The van der Waals surface area contributed by atoms with Crippen LogP contribution in [0.5, 0.6) is 5.75 Å². The summed E-state index contributed by atoms with van der Waals surface area (Å²) in [5.41, 5.74) is -1.79. The molecule has 0 radical (unpaired) electrons. The first-order chi connectivity index (χ1) is 15.4. The predicted molar refractivity (Wildman–Crippen MR) is 115 cm³/mol. The number of hydrogen-bond donors (Lipinski definition) is 1. The third-order valence-corrected chi connectivity index (χ3v) is 6.76. The van der Waals surface area contributed by atoms with E-state index in [1.54, 1.807) is 20.8 Å². The maximum atomic E-state index is 14.6. The maximum absolute atomic E-state index is 14.6. The number of hydrogen-bond acceptors (Lipinski definition) is 7. The van der Waals surface area contributed by atoms with Gasteiger partial charge in [0.15, 0.2) is 9.84 Å². The molecule has 0 spiro atoms. The molecule has 2 rings (SSSR count). The van der Waals surface area contributed by atoms with Crippen LogP contribution in [0.2, 0.25) is 0 Å². The smallest absolute Gasteiger partial charge is 0.407 e. The topological polar surface area (TPSA) is 115 Å². The molecule has 0 saturated carbocycles. The SMILES string of the molecule is CC(C)(C)OC(=O)NC/C(=C\F)COc1ccc(S(=O)(=O)CC2(C#N)CCOCC2)c(F)c1. The van der Waals surface area contributed by atoms with Crippen LogP contribution in [0.3, 0.4) is 0 Å². The molecule has 0 atom stereocenters. The van der Waals surface area contributed by atoms with Gasteiger partial charge in [-0.2, -0.15) is 5.26 Å². The molecule has 1 N–H and O–H groups in total. The summed E-state index contributed by atoms with van der Waals surface area (Å²) in [6.07, 6.45) is 0.0200. The molecular weight excluding hydrogens is 458 g/mol. The number of amides is 1. The predicted octanol–water partition coefficient (Wildman–Crippen LogP) is 3.68. The Morgan fingerprint density at radius 1 is 1.33 bits per heavy atom. The first kappa shape index (κ1) is 26.5. The fraction of sp³-hybridized carbons (Fsp3) is 0.545. The van der Waals surface area contributed by atoms with Crippen molar-refractivity contribution in [1.29, 1.82) is 5.26 Å². The van der Waals surface area contributed by atoms with Crippen LogP contribution in [0, 0.1) is 22.6 Å². The van der Waals surface area contributed by atoms with Crippen LogP contribution in [0.25, 0.3) is 0 Å². The van der Waals surface area contributed by atoms with Gasteiger partial charge in [-0.25, -0.2) is 22.0 Å². The Balaban J connectivity index is 2.00. The lowest BCUT2D eigenvalue weighted by Crippen LogP contribution is -2.35. The standard InChI is InChI=1S/C22H28F2N2O6S/c1-21(2,3)32-20(27)26-12-16(11-23)13-31-17-4-5-19(18(24)10-17)33(28,29)15-22(14-25)6-8-30-9-7-22/h4-5,10-11H,6-9,12-13,15H2,1-3H3,(H,26,27)/b16-11+. The second kappa shape index (κ2) is 10.9. The van der Waals surface area contributed by atoms with Crippen LogP contribution in [0.4, 0.5) is 13.6 Å². The number of carbonyl (C=O) groups excluding carboxylic acids is 1. The van der Waals surface area contributed by atoms with Crippen molar-refractivity contribution in [2.75, 3.05) is 32.1 Å². The lowest BCUT2D eigenvalue weighted by Gasteiger charge is -2.30. The summed E-state index contributed by atoms with van der Waals surface area (Å²) in [7, 11) is -4.09. The van der Waals surface area contributed by atoms with E-state index >= 15 is 0 Å². The van der Waals surface area contributed by atoms with Crippen LogP contribution in [0.15, 0.2) is 35.0 Å². The van der Waals surface area contributed by atoms with Gasteiger partial charge in [0.25, 0.3) is 0 Å². The van der Waals surface area contributed by atoms with Gasteiger partial charge < -0.3 is 19.5 Å². The van der Waals surface area contributed by atoms with Crippen molar-refractivity contribution in [3.63, 3.8) is 0 Å². The number of nitrogens with one attached hydrogen (secondary N) is 1. The van der Waals surface area contributed by atoms with E-state index in [1.165, 1.54) is 6.07 Å². The largest absolute Gasteiger partial charge is 0.489 e. The Kier molecular flexibility index (Phi) is 8.80. The third kappa shape index (κ3) is 7.98. The summed E-state index contributed by atoms with van der Waals surface area (Å²) in [5, 5.41) is 11.9. The Morgan fingerprint density at radius 3 is 2.55 bits per heavy atom. The number of nitriles is 1. The summed E-state index contributed by atoms with van der Waals surface area (Å²) in [4.78, 5) is 11.1. The van der Waals surface area contributed by atoms with Gasteiger partial charge in [0.2, 0.25) is 0 Å². The summed E-state index contributed by atoms with van der Waals surface area (Å²) in [5.74, 6) is -1.57. The summed E-state index contributed by atoms with van der Waals surface area (Å²) < 4.78 is 68.9. The molecule has 1 heterocycles. The quantitative estimate of drug-likeness (QED) is 0.596. The molecule has 0 aromatic heterocycles. The van der Waals surface area contributed by atoms with Gasteiger partial charge in [0.05, 0.1) is 23.6 Å². The van der Waals surface area contributed by atoms with Crippen molar-refractivity contribution in [1.82, 2.24) is 5.32 Å². The van der Waals surface area contributed by atoms with Crippen molar-refractivity contribution in [3.8, 4) is 11.8 Å². The molecule has 1 amide bonds. The van der Waals surface area contributed by atoms with Gasteiger partial charge in [-0.1, -0.05) is 0 Å². The molecule has 11 heteroatoms. The van der Waals surface area contributed by atoms with Crippen LogP contribution in [0.1, 0.15) is 33.6 Å². The molecule has 0 aliphatic carbocycles. The van der Waals surface area contributed by atoms with Gasteiger partial charge in [0, 0.05) is 31.4 Å². The minimum absolute atomic E-state index is 0.0240. The Bertz CT molecular complexity index is 1020. The van der Waals surface area contributed by atoms with E-state index in [2.05, 4.69) is 11.4 Å². The first-order valence-electron chi connectivity index (χ1n) is 10.3. The second-order valence-electron chi connectivity index (χ2n) is 8.77. The summed E-state index contributed by atoms with van der Waals surface area (Å²) in [6, 6.07) is 5.24. The Morgan fingerprint density at radius 2 is 2.00 bits per heavy atom. The average molecular weight is 487 g/mol. The number of halogens is 2. The number of alkyl carbamates (subject to hydrolysis) is 1. The first-order valence-corrected chi connectivity index (χ1v) is 11.9. The highest BCUT2D eigenvalue weighted by Gasteiger charge is 2.39. The highest BCUT2D eigenvalue weighted by atomic mass is 32.2. The monoisotopic (exact) mass is 486 g/mol. The molecule has 1 fully saturated rings. The van der Waals surface area contributed by atoms with E-state index < -0.39 is 43.4 Å². The fourth-order valence-corrected chi connectivity index (χ4v) is 4.98. The minimum atomic E-state index is -4.09. The third-order valence-electron chi connectivity index (χ3n) is 4.83. The molecule has 182 valence electrons. The number of ether oxygens (including phenoxy) is 3. The van der Waals surface area contributed by atoms with E-state index in [-0.39, 0.29) is 56.9 Å². The molecule has 1 aliphatic heterocycles. The number of sulfone groups is 1. The average Bonchev–Trinajstić information content (AvgIpc) is 2.72. The van der Waals surface area contributed by atoms with E-state index in [4.69, 9.17) is 14.2 Å². The number of nitrogens with zero attached hydrogens (tertiary/aromatic N) is 1. The summed E-state index contributed by atoms with van der Waals surface area (Å²) in [6.45, 7) is 5.09. The molecule has 1 aromatic carbocycles. The zero-order valence-corrected chi connectivity index (χ0v) is 19.6. The van der Waals surface area contributed by atoms with Gasteiger partial charge in [-0.05, 0) is 45.7 Å².